The molecular formula is GdMg2YZnZr. The van der Waals surface area contributed by atoms with E-state index in [0.717, 1.165) is 0 Å². The molecule has 0 heterocycles. The summed E-state index contributed by atoms with van der Waals surface area (Å²) in [5.41, 5.74) is 0. The van der Waals surface area contributed by atoms with Crippen molar-refractivity contribution in [2.45, 2.75) is 0 Å². The maximum atomic E-state index is 0. The van der Waals surface area contributed by atoms with Gasteiger partial charge in [0.2, 0.25) is 0 Å². The van der Waals surface area contributed by atoms with E-state index in [1.54, 1.807) is 0 Å². The summed E-state index contributed by atoms with van der Waals surface area (Å²) in [5.74, 6) is 0. The Kier molecular flexibility index (Phi) is 220. The van der Waals surface area contributed by atoms with Gasteiger partial charge in [0.15, 0.2) is 0 Å². The van der Waals surface area contributed by atoms with E-state index in [1.807, 2.05) is 0 Å². The standard InChI is InChI=1S/Gd.2Mg.Y.Zn.Zr. The summed E-state index contributed by atoms with van der Waals surface area (Å²) in [5, 5.41) is 0. The van der Waals surface area contributed by atoms with Gasteiger partial charge in [-0.2, -0.15) is 0 Å². The number of hydrogen-bond donors (Lipinski definition) is 0. The molecule has 0 aliphatic rings. The van der Waals surface area contributed by atoms with Gasteiger partial charge in [0.25, 0.3) is 0 Å². The van der Waals surface area contributed by atoms with Crippen LogP contribution in [-0.4, -0.2) is 46.1 Å². The first kappa shape index (κ1) is 42.0. The molecule has 0 fully saturated rings. The molecule has 0 N–H and O–H groups in total. The van der Waals surface area contributed by atoms with E-state index >= 15 is 0 Å². The van der Waals surface area contributed by atoms with Crippen molar-refractivity contribution in [1.82, 2.24) is 0 Å². The second-order valence-corrected chi connectivity index (χ2v) is 0. The van der Waals surface area contributed by atoms with Crippen LogP contribution in [0.15, 0.2) is 0 Å². The molecule has 0 saturated heterocycles. The molecule has 0 amide bonds. The monoisotopic (exact) mass is 449 g/mol. The second kappa shape index (κ2) is 31.4. The number of rotatable bonds is 0. The van der Waals surface area contributed by atoms with Gasteiger partial charge < -0.3 is 0 Å². The largest absolute Gasteiger partial charge is 0 e. The molecule has 0 spiro atoms. The molecule has 6 heavy (non-hydrogen) atoms. The molecule has 0 bridgehead atoms. The average Bonchev–Trinajstić information content (AvgIpc) is 0. The molecule has 0 rings (SSSR count). The van der Waals surface area contributed by atoms with Crippen LogP contribution in [0.1, 0.15) is 0 Å². The van der Waals surface area contributed by atoms with Crippen LogP contribution in [-0.2, 0) is 78.4 Å². The van der Waals surface area contributed by atoms with Crippen LogP contribution in [0.2, 0.25) is 0 Å². The van der Waals surface area contributed by atoms with E-state index in [-0.39, 0.29) is 164 Å². The van der Waals surface area contributed by atoms with E-state index < -0.39 is 0 Å². The molecule has 0 nitrogen and oxygen atoms in total. The quantitative estimate of drug-likeness (QED) is 0.425. The van der Waals surface area contributed by atoms with Crippen molar-refractivity contribution in [2.75, 3.05) is 0 Å². The Balaban J connectivity index is 0. The van der Waals surface area contributed by atoms with E-state index in [4.69, 9.17) is 0 Å². The van der Waals surface area contributed by atoms with E-state index in [1.165, 1.54) is 0 Å². The summed E-state index contributed by atoms with van der Waals surface area (Å²) in [6.07, 6.45) is 0. The molecule has 0 aliphatic heterocycles. The van der Waals surface area contributed by atoms with Gasteiger partial charge in [-0.05, 0) is 0 Å². The molecule has 0 aromatic heterocycles. The van der Waals surface area contributed by atoms with Crippen molar-refractivity contribution in [1.29, 1.82) is 0 Å². The van der Waals surface area contributed by atoms with Crippen molar-refractivity contribution >= 4 is 46.1 Å². The van der Waals surface area contributed by atoms with Crippen molar-refractivity contribution in [2.24, 2.45) is 0 Å². The van der Waals surface area contributed by atoms with Gasteiger partial charge in [-0.3, -0.25) is 0 Å². The normalized spacial score (nSPS) is 0. The summed E-state index contributed by atoms with van der Waals surface area (Å²) >= 11 is 0. The van der Waals surface area contributed by atoms with E-state index in [0.29, 0.717) is 0 Å². The van der Waals surface area contributed by atoms with Crippen molar-refractivity contribution in [3.8, 4) is 0 Å². The fraction of sp³-hybridized carbons (Fsp3) is 0. The van der Waals surface area contributed by atoms with Crippen LogP contribution >= 0.6 is 0 Å². The Morgan fingerprint density at radius 3 is 0.833 bits per heavy atom. The predicted molar refractivity (Wildman–Crippen MR) is 11.5 cm³/mol. The summed E-state index contributed by atoms with van der Waals surface area (Å²) in [6.45, 7) is 0. The zero-order chi connectivity index (χ0) is 0. The van der Waals surface area contributed by atoms with Crippen LogP contribution in [0.5, 0.6) is 0 Å². The maximum absolute atomic E-state index is 0. The topological polar surface area (TPSA) is 0 Å². The Morgan fingerprint density at radius 1 is 0.833 bits per heavy atom. The first-order chi connectivity index (χ1) is 0. The van der Waals surface area contributed by atoms with Crippen LogP contribution in [0.4, 0.5) is 0 Å². The molecule has 0 atom stereocenters. The predicted octanol–water partition coefficient (Wildman–Crippen LogP) is -0.769. The SMILES string of the molecule is [Gd].[Mg].[Mg].[Y].[Zn].[Zr]. The second-order valence-electron chi connectivity index (χ2n) is 0. The molecule has 6 heteroatoms. The third-order valence-electron chi connectivity index (χ3n) is 0. The fourth-order valence-corrected chi connectivity index (χ4v) is 0. The van der Waals surface area contributed by atoms with Gasteiger partial charge in [-0.25, -0.2) is 0 Å². The van der Waals surface area contributed by atoms with Crippen LogP contribution in [0.25, 0.3) is 0 Å². The third kappa shape index (κ3) is 22.7. The third-order valence-corrected chi connectivity index (χ3v) is 0. The Bertz CT molecular complexity index is 13.5. The fourth-order valence-electron chi connectivity index (χ4n) is 0. The molecule has 0 aliphatic carbocycles. The van der Waals surface area contributed by atoms with Gasteiger partial charge in [-0.1, -0.05) is 0 Å². The van der Waals surface area contributed by atoms with Crippen molar-refractivity contribution in [3.63, 3.8) is 0 Å². The van der Waals surface area contributed by atoms with Gasteiger partial charge in [0.1, 0.15) is 0 Å². The summed E-state index contributed by atoms with van der Waals surface area (Å²) in [6, 6.07) is 0. The van der Waals surface area contributed by atoms with Crippen LogP contribution in [0, 0.1) is 39.9 Å². The van der Waals surface area contributed by atoms with Crippen LogP contribution < -0.4 is 0 Å². The number of hydrogen-bond acceptors (Lipinski definition) is 0. The molecule has 0 unspecified atom stereocenters. The summed E-state index contributed by atoms with van der Waals surface area (Å²) in [7, 11) is 0. The molecular weight excluding hydrogens is 451 g/mol. The average molecular weight is 451 g/mol. The van der Waals surface area contributed by atoms with E-state index in [9.17, 15) is 0 Å². The van der Waals surface area contributed by atoms with Gasteiger partial charge in [0, 0.05) is 164 Å². The smallest absolute Gasteiger partial charge is 0 e. The minimum absolute atomic E-state index is 0. The van der Waals surface area contributed by atoms with Gasteiger partial charge in [0.05, 0.1) is 0 Å². The Hall–Kier alpha value is 5.47. The van der Waals surface area contributed by atoms with Crippen LogP contribution in [0.3, 0.4) is 0 Å². The Labute approximate surface area is 160 Å². The Morgan fingerprint density at radius 2 is 0.833 bits per heavy atom. The molecule has 21 valence electrons. The molecule has 0 aromatic rings. The molecule has 0 aromatic carbocycles. The first-order valence-electron chi connectivity index (χ1n) is 0. The zero-order valence-corrected chi connectivity index (χ0v) is 16.9. The minimum Gasteiger partial charge on any atom is 0 e. The van der Waals surface area contributed by atoms with Gasteiger partial charge in [-0.15, -0.1) is 0 Å². The van der Waals surface area contributed by atoms with Crippen molar-refractivity contribution in [3.05, 3.63) is 0 Å². The first-order valence-corrected chi connectivity index (χ1v) is 0. The van der Waals surface area contributed by atoms with Gasteiger partial charge >= 0.3 is 0 Å². The molecule has 5 radical (unpaired) electrons. The maximum Gasteiger partial charge on any atom is 0 e. The zero-order valence-electron chi connectivity index (χ0n) is 3.55. The van der Waals surface area contributed by atoms with Crippen molar-refractivity contribution < 1.29 is 118 Å². The summed E-state index contributed by atoms with van der Waals surface area (Å²) in [4.78, 5) is 0. The summed E-state index contributed by atoms with van der Waals surface area (Å²) < 4.78 is 0. The minimum atomic E-state index is 0. The molecule has 0 saturated carbocycles. The van der Waals surface area contributed by atoms with E-state index in [2.05, 4.69) is 0 Å².